The van der Waals surface area contributed by atoms with Gasteiger partial charge in [-0.25, -0.2) is 4.79 Å². The Bertz CT molecular complexity index is 518. The number of H-pyrrole nitrogens is 1. The van der Waals surface area contributed by atoms with Crippen LogP contribution in [0, 0.1) is 5.82 Å². The molecule has 1 N–H and O–H groups in total. The Kier molecular flexibility index (Phi) is 2.38. The van der Waals surface area contributed by atoms with Crippen molar-refractivity contribution in [3.8, 4) is 0 Å². The summed E-state index contributed by atoms with van der Waals surface area (Å²) in [4.78, 5) is 21.2. The van der Waals surface area contributed by atoms with Gasteiger partial charge in [0.25, 0.3) is 0 Å². The van der Waals surface area contributed by atoms with Gasteiger partial charge in [-0.05, 0) is 13.5 Å². The molecule has 0 saturated carbocycles. The average Bonchev–Trinajstić information content (AvgIpc) is 2.81. The molecule has 2 saturated heterocycles. The summed E-state index contributed by atoms with van der Waals surface area (Å²) in [6, 6.07) is 0.643. The molecule has 0 amide bonds. The second kappa shape index (κ2) is 3.68. The minimum atomic E-state index is -0.638. The number of nitrogens with one attached hydrogen (secondary N) is 1. The third-order valence-corrected chi connectivity index (χ3v) is 3.86. The number of halogens is 2. The fourth-order valence-electron chi connectivity index (χ4n) is 2.74. The van der Waals surface area contributed by atoms with Gasteiger partial charge in [0.05, 0.1) is 0 Å². The highest BCUT2D eigenvalue weighted by Gasteiger charge is 2.43. The van der Waals surface area contributed by atoms with E-state index in [1.54, 1.807) is 0 Å². The highest BCUT2D eigenvalue weighted by molar-refractivity contribution is 6.29. The number of likely N-dealkylation sites (tertiary alicyclic amines) is 1. The number of anilines is 1. The third kappa shape index (κ3) is 1.63. The van der Waals surface area contributed by atoms with Crippen LogP contribution < -0.4 is 10.6 Å². The van der Waals surface area contributed by atoms with Gasteiger partial charge >= 0.3 is 5.69 Å². The number of nitrogens with zero attached hydrogens (tertiary/aromatic N) is 3. The van der Waals surface area contributed by atoms with Crippen LogP contribution in [0.2, 0.25) is 5.15 Å². The summed E-state index contributed by atoms with van der Waals surface area (Å²) in [5.74, 6) is -0.555. The second-order valence-electron chi connectivity index (χ2n) is 4.63. The molecule has 3 heterocycles. The molecule has 7 heteroatoms. The van der Waals surface area contributed by atoms with Crippen LogP contribution in [0.1, 0.15) is 6.42 Å². The monoisotopic (exact) mass is 258 g/mol. The summed E-state index contributed by atoms with van der Waals surface area (Å²) < 4.78 is 13.8. The second-order valence-corrected chi connectivity index (χ2v) is 5.01. The van der Waals surface area contributed by atoms with Crippen LogP contribution in [0.4, 0.5) is 10.2 Å². The summed E-state index contributed by atoms with van der Waals surface area (Å²) in [6.07, 6.45) is 0.988. The molecule has 17 heavy (non-hydrogen) atoms. The van der Waals surface area contributed by atoms with Gasteiger partial charge in [-0.1, -0.05) is 11.6 Å². The molecular formula is C10H12ClFN4O. The number of aromatic amines is 1. The number of piperazine rings is 1. The van der Waals surface area contributed by atoms with Gasteiger partial charge in [0, 0.05) is 25.2 Å². The molecule has 0 aliphatic carbocycles. The fourth-order valence-corrected chi connectivity index (χ4v) is 2.90. The lowest BCUT2D eigenvalue weighted by molar-refractivity contribution is 0.291. The van der Waals surface area contributed by atoms with Gasteiger partial charge in [-0.15, -0.1) is 0 Å². The molecule has 2 fully saturated rings. The van der Waals surface area contributed by atoms with E-state index in [0.717, 1.165) is 13.0 Å². The van der Waals surface area contributed by atoms with Crippen LogP contribution in [0.25, 0.3) is 0 Å². The van der Waals surface area contributed by atoms with Crippen LogP contribution in [-0.2, 0) is 0 Å². The SMILES string of the molecule is CN1C[C@@H]2C[C@H]1CN2c1nc(=O)[nH]c(Cl)c1F. The van der Waals surface area contributed by atoms with Crippen molar-refractivity contribution in [3.63, 3.8) is 0 Å². The molecule has 2 bridgehead atoms. The van der Waals surface area contributed by atoms with E-state index in [0.29, 0.717) is 12.6 Å². The van der Waals surface area contributed by atoms with E-state index in [2.05, 4.69) is 21.9 Å². The molecule has 3 rings (SSSR count). The van der Waals surface area contributed by atoms with Gasteiger partial charge in [0.1, 0.15) is 5.15 Å². The van der Waals surface area contributed by atoms with Crippen molar-refractivity contribution >= 4 is 17.4 Å². The number of hydrogen-bond donors (Lipinski definition) is 1. The van der Waals surface area contributed by atoms with E-state index in [1.807, 2.05) is 4.90 Å². The van der Waals surface area contributed by atoms with Crippen molar-refractivity contribution in [1.82, 2.24) is 14.9 Å². The van der Waals surface area contributed by atoms with E-state index in [-0.39, 0.29) is 17.0 Å². The normalized spacial score (nSPS) is 28.1. The molecule has 0 radical (unpaired) electrons. The number of aromatic nitrogens is 2. The Morgan fingerprint density at radius 1 is 1.47 bits per heavy atom. The predicted octanol–water partition coefficient (Wildman–Crippen LogP) is 0.455. The highest BCUT2D eigenvalue weighted by atomic mass is 35.5. The smallest absolute Gasteiger partial charge is 0.348 e. The molecule has 5 nitrogen and oxygen atoms in total. The Morgan fingerprint density at radius 2 is 2.24 bits per heavy atom. The third-order valence-electron chi connectivity index (χ3n) is 3.60. The lowest BCUT2D eigenvalue weighted by Gasteiger charge is -2.32. The maximum absolute atomic E-state index is 13.8. The molecule has 0 spiro atoms. The van der Waals surface area contributed by atoms with Crippen LogP contribution >= 0.6 is 11.6 Å². The zero-order valence-electron chi connectivity index (χ0n) is 9.28. The largest absolute Gasteiger partial charge is 0.348 e. The lowest BCUT2D eigenvalue weighted by atomic mass is 10.2. The molecule has 0 unspecified atom stereocenters. The van der Waals surface area contributed by atoms with Crippen LogP contribution in [-0.4, -0.2) is 47.1 Å². The molecule has 0 aromatic carbocycles. The number of likely N-dealkylation sites (N-methyl/N-ethyl adjacent to an activating group) is 1. The molecule has 2 aliphatic rings. The summed E-state index contributed by atoms with van der Waals surface area (Å²) >= 11 is 5.62. The highest BCUT2D eigenvalue weighted by Crippen LogP contribution is 2.34. The van der Waals surface area contributed by atoms with E-state index in [1.165, 1.54) is 0 Å². The Balaban J connectivity index is 1.99. The first-order valence-corrected chi connectivity index (χ1v) is 5.86. The van der Waals surface area contributed by atoms with Crippen molar-refractivity contribution in [1.29, 1.82) is 0 Å². The first-order chi connectivity index (χ1) is 8.06. The van der Waals surface area contributed by atoms with Gasteiger partial charge < -0.3 is 4.90 Å². The standard InChI is InChI=1S/C10H12ClFN4O/c1-15-3-6-2-5(15)4-16(6)9-7(12)8(11)13-10(17)14-9/h5-6H,2-4H2,1H3,(H,13,14,17)/t5-,6-/m0/s1. The van der Waals surface area contributed by atoms with Crippen molar-refractivity contribution in [2.45, 2.75) is 18.5 Å². The van der Waals surface area contributed by atoms with Gasteiger partial charge in [0.15, 0.2) is 5.82 Å². The maximum Gasteiger partial charge on any atom is 0.348 e. The first-order valence-electron chi connectivity index (χ1n) is 5.48. The summed E-state index contributed by atoms with van der Waals surface area (Å²) in [6.45, 7) is 1.57. The van der Waals surface area contributed by atoms with Gasteiger partial charge in [0.2, 0.25) is 5.82 Å². The van der Waals surface area contributed by atoms with E-state index >= 15 is 0 Å². The molecular weight excluding hydrogens is 247 g/mol. The van der Waals surface area contributed by atoms with Crippen molar-refractivity contribution in [2.24, 2.45) is 0 Å². The molecule has 1 aromatic rings. The molecule has 92 valence electrons. The van der Waals surface area contributed by atoms with Crippen LogP contribution in [0.3, 0.4) is 0 Å². The number of rotatable bonds is 1. The molecule has 2 atom stereocenters. The van der Waals surface area contributed by atoms with E-state index in [4.69, 9.17) is 11.6 Å². The summed E-state index contributed by atoms with van der Waals surface area (Å²) in [7, 11) is 2.05. The van der Waals surface area contributed by atoms with Gasteiger partial charge in [-0.3, -0.25) is 9.88 Å². The predicted molar refractivity (Wildman–Crippen MR) is 62.0 cm³/mol. The number of fused-ring (bicyclic) bond motifs is 2. The average molecular weight is 259 g/mol. The lowest BCUT2D eigenvalue weighted by Crippen LogP contribution is -2.45. The van der Waals surface area contributed by atoms with Crippen molar-refractivity contribution in [2.75, 3.05) is 25.0 Å². The zero-order chi connectivity index (χ0) is 12.2. The zero-order valence-corrected chi connectivity index (χ0v) is 10.0. The van der Waals surface area contributed by atoms with Crippen LogP contribution in [0.5, 0.6) is 0 Å². The minimum Gasteiger partial charge on any atom is -0.348 e. The number of hydrogen-bond acceptors (Lipinski definition) is 4. The topological polar surface area (TPSA) is 52.2 Å². The Hall–Kier alpha value is -1.14. The van der Waals surface area contributed by atoms with Crippen LogP contribution in [0.15, 0.2) is 4.79 Å². The summed E-state index contributed by atoms with van der Waals surface area (Å²) in [5, 5.41) is -0.267. The fraction of sp³-hybridized carbons (Fsp3) is 0.600. The quantitative estimate of drug-likeness (QED) is 0.744. The molecule has 1 aromatic heterocycles. The Morgan fingerprint density at radius 3 is 2.82 bits per heavy atom. The first kappa shape index (κ1) is 11.0. The van der Waals surface area contributed by atoms with Crippen molar-refractivity contribution < 1.29 is 4.39 Å². The van der Waals surface area contributed by atoms with Gasteiger partial charge in [-0.2, -0.15) is 9.37 Å². The maximum atomic E-state index is 13.8. The molecule has 2 aliphatic heterocycles. The Labute approximate surface area is 102 Å². The minimum absolute atomic E-state index is 0.0827. The van der Waals surface area contributed by atoms with E-state index in [9.17, 15) is 9.18 Å². The van der Waals surface area contributed by atoms with Crippen molar-refractivity contribution in [3.05, 3.63) is 21.5 Å². The van der Waals surface area contributed by atoms with E-state index < -0.39 is 11.5 Å². The summed E-state index contributed by atoms with van der Waals surface area (Å²) in [5.41, 5.74) is -0.609.